The normalized spacial score (nSPS) is 40.1. The molecule has 1 unspecified atom stereocenters. The minimum Gasteiger partial charge on any atom is -0.300 e. The highest BCUT2D eigenvalue weighted by atomic mass is 15.3. The molecular weight excluding hydrogens is 208 g/mol. The van der Waals surface area contributed by atoms with Gasteiger partial charge in [-0.2, -0.15) is 0 Å². The summed E-state index contributed by atoms with van der Waals surface area (Å²) in [6, 6.07) is 3.49. The predicted octanol–water partition coefficient (Wildman–Crippen LogP) is 2.88. The minimum atomic E-state index is 0.759. The SMILES string of the molecule is CC(C)N1[C@@H]2CC[C@H]1CC(N1CCCCC1)C2. The van der Waals surface area contributed by atoms with Crippen LogP contribution >= 0.6 is 0 Å². The van der Waals surface area contributed by atoms with Gasteiger partial charge >= 0.3 is 0 Å². The molecule has 98 valence electrons. The Kier molecular flexibility index (Phi) is 3.45. The van der Waals surface area contributed by atoms with Gasteiger partial charge in [-0.25, -0.2) is 0 Å². The number of likely N-dealkylation sites (tertiary alicyclic amines) is 1. The Labute approximate surface area is 106 Å². The zero-order valence-corrected chi connectivity index (χ0v) is 11.6. The third kappa shape index (κ3) is 2.26. The average Bonchev–Trinajstić information content (AvgIpc) is 2.62. The number of nitrogens with zero attached hydrogens (tertiary/aromatic N) is 2. The summed E-state index contributed by atoms with van der Waals surface area (Å²) in [5.41, 5.74) is 0. The molecule has 0 aromatic carbocycles. The second-order valence-corrected chi connectivity index (χ2v) is 6.65. The first kappa shape index (κ1) is 12.0. The van der Waals surface area contributed by atoms with E-state index in [-0.39, 0.29) is 0 Å². The monoisotopic (exact) mass is 236 g/mol. The summed E-state index contributed by atoms with van der Waals surface area (Å²) < 4.78 is 0. The van der Waals surface area contributed by atoms with Crippen LogP contribution in [0.1, 0.15) is 58.8 Å². The molecule has 3 aliphatic rings. The molecule has 0 spiro atoms. The van der Waals surface area contributed by atoms with E-state index < -0.39 is 0 Å². The van der Waals surface area contributed by atoms with Crippen molar-refractivity contribution in [2.24, 2.45) is 0 Å². The van der Waals surface area contributed by atoms with Crippen LogP contribution in [0.3, 0.4) is 0 Å². The quantitative estimate of drug-likeness (QED) is 0.727. The number of rotatable bonds is 2. The smallest absolute Gasteiger partial charge is 0.0125 e. The molecule has 0 radical (unpaired) electrons. The highest BCUT2D eigenvalue weighted by Crippen LogP contribution is 2.39. The van der Waals surface area contributed by atoms with Crippen molar-refractivity contribution in [3.63, 3.8) is 0 Å². The van der Waals surface area contributed by atoms with Crippen LogP contribution in [-0.4, -0.2) is 47.1 Å². The Bertz CT molecular complexity index is 244. The first-order valence-electron chi connectivity index (χ1n) is 7.77. The third-order valence-electron chi connectivity index (χ3n) is 5.27. The van der Waals surface area contributed by atoms with Gasteiger partial charge in [-0.1, -0.05) is 6.42 Å². The Balaban J connectivity index is 1.64. The van der Waals surface area contributed by atoms with Crippen molar-refractivity contribution in [3.8, 4) is 0 Å². The van der Waals surface area contributed by atoms with Crippen molar-refractivity contribution < 1.29 is 0 Å². The van der Waals surface area contributed by atoms with Crippen LogP contribution in [-0.2, 0) is 0 Å². The number of hydrogen-bond acceptors (Lipinski definition) is 2. The fourth-order valence-corrected chi connectivity index (χ4v) is 4.61. The fraction of sp³-hybridized carbons (Fsp3) is 1.00. The van der Waals surface area contributed by atoms with Crippen molar-refractivity contribution in [2.45, 2.75) is 83.0 Å². The maximum absolute atomic E-state index is 2.82. The fourth-order valence-electron chi connectivity index (χ4n) is 4.61. The number of piperidine rings is 2. The van der Waals surface area contributed by atoms with Crippen LogP contribution in [0.25, 0.3) is 0 Å². The Morgan fingerprint density at radius 2 is 1.41 bits per heavy atom. The molecule has 0 aliphatic carbocycles. The van der Waals surface area contributed by atoms with Gasteiger partial charge in [0.1, 0.15) is 0 Å². The van der Waals surface area contributed by atoms with Crippen LogP contribution < -0.4 is 0 Å². The third-order valence-corrected chi connectivity index (χ3v) is 5.27. The molecule has 2 heteroatoms. The zero-order valence-electron chi connectivity index (χ0n) is 11.6. The van der Waals surface area contributed by atoms with E-state index in [4.69, 9.17) is 0 Å². The molecule has 0 aromatic heterocycles. The van der Waals surface area contributed by atoms with Gasteiger partial charge in [0.15, 0.2) is 0 Å². The van der Waals surface area contributed by atoms with Crippen molar-refractivity contribution >= 4 is 0 Å². The minimum absolute atomic E-state index is 0.759. The molecule has 0 saturated carbocycles. The molecule has 3 atom stereocenters. The lowest BCUT2D eigenvalue weighted by molar-refractivity contribution is 0.0321. The summed E-state index contributed by atoms with van der Waals surface area (Å²) in [5.74, 6) is 0. The summed E-state index contributed by atoms with van der Waals surface area (Å²) >= 11 is 0. The number of fused-ring (bicyclic) bond motifs is 2. The van der Waals surface area contributed by atoms with Crippen LogP contribution in [0.15, 0.2) is 0 Å². The van der Waals surface area contributed by atoms with Crippen molar-refractivity contribution in [2.75, 3.05) is 13.1 Å². The Morgan fingerprint density at radius 3 is 1.94 bits per heavy atom. The van der Waals surface area contributed by atoms with Gasteiger partial charge in [-0.05, 0) is 65.5 Å². The van der Waals surface area contributed by atoms with Gasteiger partial charge in [0, 0.05) is 24.2 Å². The molecule has 0 N–H and O–H groups in total. The molecule has 0 amide bonds. The van der Waals surface area contributed by atoms with E-state index in [1.54, 1.807) is 0 Å². The molecule has 3 fully saturated rings. The van der Waals surface area contributed by atoms with Gasteiger partial charge in [-0.15, -0.1) is 0 Å². The van der Waals surface area contributed by atoms with Crippen molar-refractivity contribution in [3.05, 3.63) is 0 Å². The summed E-state index contributed by atoms with van der Waals surface area (Å²) in [4.78, 5) is 5.63. The lowest BCUT2D eigenvalue weighted by Crippen LogP contribution is -2.53. The lowest BCUT2D eigenvalue weighted by Gasteiger charge is -2.46. The second-order valence-electron chi connectivity index (χ2n) is 6.65. The molecule has 3 aliphatic heterocycles. The van der Waals surface area contributed by atoms with Gasteiger partial charge in [0.2, 0.25) is 0 Å². The number of hydrogen-bond donors (Lipinski definition) is 0. The molecule has 2 bridgehead atoms. The van der Waals surface area contributed by atoms with Crippen LogP contribution in [0.2, 0.25) is 0 Å². The lowest BCUT2D eigenvalue weighted by atomic mass is 9.93. The molecular formula is C15H28N2. The zero-order chi connectivity index (χ0) is 11.8. The molecule has 0 aromatic rings. The topological polar surface area (TPSA) is 6.48 Å². The van der Waals surface area contributed by atoms with E-state index in [1.807, 2.05) is 0 Å². The highest BCUT2D eigenvalue weighted by Gasteiger charge is 2.43. The largest absolute Gasteiger partial charge is 0.300 e. The predicted molar refractivity (Wildman–Crippen MR) is 72.2 cm³/mol. The average molecular weight is 236 g/mol. The van der Waals surface area contributed by atoms with E-state index in [0.29, 0.717) is 0 Å². The molecule has 3 rings (SSSR count). The summed E-state index contributed by atoms with van der Waals surface area (Å²) in [5, 5.41) is 0. The van der Waals surface area contributed by atoms with E-state index in [9.17, 15) is 0 Å². The first-order valence-corrected chi connectivity index (χ1v) is 7.77. The molecule has 3 heterocycles. The molecule has 3 saturated heterocycles. The van der Waals surface area contributed by atoms with Gasteiger partial charge in [-0.3, -0.25) is 4.90 Å². The van der Waals surface area contributed by atoms with E-state index in [0.717, 1.165) is 24.2 Å². The summed E-state index contributed by atoms with van der Waals surface area (Å²) in [7, 11) is 0. The summed E-state index contributed by atoms with van der Waals surface area (Å²) in [6.45, 7) is 7.52. The Morgan fingerprint density at radius 1 is 0.824 bits per heavy atom. The van der Waals surface area contributed by atoms with Crippen molar-refractivity contribution in [1.82, 2.24) is 9.80 Å². The standard InChI is InChI=1S/C15H28N2/c1-12(2)17-13-6-7-14(17)11-15(10-13)16-8-4-3-5-9-16/h12-15H,3-11H2,1-2H3/t13-,14+,15?. The maximum atomic E-state index is 2.82. The van der Waals surface area contributed by atoms with Gasteiger partial charge < -0.3 is 4.90 Å². The highest BCUT2D eigenvalue weighted by molar-refractivity contribution is 4.99. The first-order chi connectivity index (χ1) is 8.25. The summed E-state index contributed by atoms with van der Waals surface area (Å²) in [6.07, 6.45) is 10.2. The second kappa shape index (κ2) is 4.89. The van der Waals surface area contributed by atoms with Crippen LogP contribution in [0.4, 0.5) is 0 Å². The van der Waals surface area contributed by atoms with Gasteiger partial charge in [0.05, 0.1) is 0 Å². The van der Waals surface area contributed by atoms with E-state index >= 15 is 0 Å². The Hall–Kier alpha value is -0.0800. The van der Waals surface area contributed by atoms with E-state index in [1.165, 1.54) is 58.0 Å². The maximum Gasteiger partial charge on any atom is 0.0125 e. The molecule has 17 heavy (non-hydrogen) atoms. The van der Waals surface area contributed by atoms with Crippen molar-refractivity contribution in [1.29, 1.82) is 0 Å². The molecule has 2 nitrogen and oxygen atoms in total. The van der Waals surface area contributed by atoms with Crippen LogP contribution in [0, 0.1) is 0 Å². The van der Waals surface area contributed by atoms with Crippen LogP contribution in [0.5, 0.6) is 0 Å². The van der Waals surface area contributed by atoms with Gasteiger partial charge in [0.25, 0.3) is 0 Å². The van der Waals surface area contributed by atoms with E-state index in [2.05, 4.69) is 23.6 Å².